The Morgan fingerprint density at radius 3 is 2.81 bits per heavy atom. The normalized spacial score (nSPS) is 15.6. The van der Waals surface area contributed by atoms with Crippen molar-refractivity contribution in [1.82, 2.24) is 9.55 Å². The highest BCUT2D eigenvalue weighted by Gasteiger charge is 2.41. The van der Waals surface area contributed by atoms with Gasteiger partial charge in [0, 0.05) is 5.54 Å². The van der Waals surface area contributed by atoms with Crippen molar-refractivity contribution in [1.29, 1.82) is 0 Å². The predicted octanol–water partition coefficient (Wildman–Crippen LogP) is 3.67. The summed E-state index contributed by atoms with van der Waals surface area (Å²) in [4.78, 5) is 15.6. The molecule has 0 unspecified atom stereocenters. The zero-order valence-corrected chi connectivity index (χ0v) is 13.4. The Bertz CT molecular complexity index is 702. The quantitative estimate of drug-likeness (QED) is 0.856. The molecule has 0 saturated heterocycles. The first-order valence-corrected chi connectivity index (χ1v) is 8.22. The molecular formula is C16H20N2O2S. The number of carboxylic acids is 1. The van der Waals surface area contributed by atoms with Crippen LogP contribution >= 0.6 is 11.8 Å². The van der Waals surface area contributed by atoms with Crippen molar-refractivity contribution in [2.45, 2.75) is 44.3 Å². The second-order valence-corrected chi connectivity index (χ2v) is 7.27. The van der Waals surface area contributed by atoms with E-state index in [0.29, 0.717) is 5.92 Å². The molecule has 112 valence electrons. The summed E-state index contributed by atoms with van der Waals surface area (Å²) < 4.78 is 2.24. The maximum atomic E-state index is 10.9. The molecule has 1 aliphatic carbocycles. The molecule has 21 heavy (non-hydrogen) atoms. The minimum atomic E-state index is -0.806. The van der Waals surface area contributed by atoms with Gasteiger partial charge >= 0.3 is 5.97 Å². The van der Waals surface area contributed by atoms with Gasteiger partial charge in [-0.3, -0.25) is 4.79 Å². The number of hydrogen-bond donors (Lipinski definition) is 1. The molecule has 3 rings (SSSR count). The van der Waals surface area contributed by atoms with Crippen molar-refractivity contribution < 1.29 is 9.90 Å². The number of aliphatic carboxylic acids is 1. The molecule has 1 aliphatic rings. The van der Waals surface area contributed by atoms with Crippen LogP contribution in [-0.2, 0) is 10.3 Å². The van der Waals surface area contributed by atoms with Crippen molar-refractivity contribution in [3.8, 4) is 0 Å². The van der Waals surface area contributed by atoms with Gasteiger partial charge < -0.3 is 9.67 Å². The maximum absolute atomic E-state index is 10.9. The van der Waals surface area contributed by atoms with Gasteiger partial charge in [-0.1, -0.05) is 17.8 Å². The number of carboxylic acid groups (broad SMARTS) is 1. The van der Waals surface area contributed by atoms with E-state index in [2.05, 4.69) is 48.5 Å². The van der Waals surface area contributed by atoms with E-state index in [0.717, 1.165) is 16.2 Å². The lowest BCUT2D eigenvalue weighted by molar-refractivity contribution is -0.133. The van der Waals surface area contributed by atoms with Crippen LogP contribution < -0.4 is 0 Å². The number of rotatable bonds is 5. The van der Waals surface area contributed by atoms with E-state index in [1.54, 1.807) is 0 Å². The van der Waals surface area contributed by atoms with Crippen LogP contribution in [-0.4, -0.2) is 26.4 Å². The number of nitrogens with zero attached hydrogens (tertiary/aromatic N) is 2. The average molecular weight is 304 g/mol. The number of thioether (sulfide) groups is 1. The summed E-state index contributed by atoms with van der Waals surface area (Å²) in [5, 5.41) is 9.77. The van der Waals surface area contributed by atoms with Gasteiger partial charge in [-0.2, -0.15) is 0 Å². The summed E-state index contributed by atoms with van der Waals surface area (Å²) in [7, 11) is 0. The monoisotopic (exact) mass is 304 g/mol. The van der Waals surface area contributed by atoms with Crippen molar-refractivity contribution in [3.05, 3.63) is 23.8 Å². The van der Waals surface area contributed by atoms with Crippen LogP contribution in [0.3, 0.4) is 0 Å². The molecule has 4 nitrogen and oxygen atoms in total. The molecule has 1 saturated carbocycles. The Morgan fingerprint density at radius 1 is 1.48 bits per heavy atom. The van der Waals surface area contributed by atoms with Crippen LogP contribution in [0.25, 0.3) is 11.0 Å². The fourth-order valence-electron chi connectivity index (χ4n) is 2.92. The molecule has 5 heteroatoms. The van der Waals surface area contributed by atoms with Gasteiger partial charge in [-0.05, 0) is 57.2 Å². The highest BCUT2D eigenvalue weighted by Crippen LogP contribution is 2.46. The number of aryl methyl sites for hydroxylation is 1. The molecule has 0 aliphatic heterocycles. The summed E-state index contributed by atoms with van der Waals surface area (Å²) >= 11 is 1.31. The fraction of sp³-hybridized carbons (Fsp3) is 0.500. The number of hydrogen-bond acceptors (Lipinski definition) is 3. The molecule has 0 atom stereocenters. The third kappa shape index (κ3) is 2.67. The smallest absolute Gasteiger partial charge is 0.313 e. The second-order valence-electron chi connectivity index (χ2n) is 6.33. The lowest BCUT2D eigenvalue weighted by atomic mass is 9.98. The van der Waals surface area contributed by atoms with Crippen molar-refractivity contribution in [2.75, 3.05) is 5.75 Å². The molecule has 1 fully saturated rings. The van der Waals surface area contributed by atoms with E-state index in [9.17, 15) is 4.79 Å². The van der Waals surface area contributed by atoms with Gasteiger partial charge in [0.25, 0.3) is 0 Å². The molecule has 0 amide bonds. The first kappa shape index (κ1) is 14.4. The first-order valence-electron chi connectivity index (χ1n) is 7.24. The van der Waals surface area contributed by atoms with Crippen LogP contribution in [0.2, 0.25) is 0 Å². The summed E-state index contributed by atoms with van der Waals surface area (Å²) in [6, 6.07) is 6.27. The molecule has 1 aromatic carbocycles. The fourth-order valence-corrected chi connectivity index (χ4v) is 3.80. The van der Waals surface area contributed by atoms with Gasteiger partial charge in [-0.25, -0.2) is 4.98 Å². The van der Waals surface area contributed by atoms with Crippen LogP contribution in [0.1, 0.15) is 32.3 Å². The number of aromatic nitrogens is 2. The third-order valence-corrected chi connectivity index (χ3v) is 5.18. The largest absolute Gasteiger partial charge is 0.481 e. The van der Waals surface area contributed by atoms with Crippen LogP contribution in [0.15, 0.2) is 23.4 Å². The number of benzene rings is 1. The molecule has 2 aromatic rings. The Kier molecular flexibility index (Phi) is 3.48. The topological polar surface area (TPSA) is 55.1 Å². The summed E-state index contributed by atoms with van der Waals surface area (Å²) in [6.45, 7) is 6.52. The van der Waals surface area contributed by atoms with Crippen molar-refractivity contribution >= 4 is 28.8 Å². The molecule has 0 spiro atoms. The van der Waals surface area contributed by atoms with Gasteiger partial charge in [0.15, 0.2) is 5.16 Å². The highest BCUT2D eigenvalue weighted by molar-refractivity contribution is 7.99. The summed E-state index contributed by atoms with van der Waals surface area (Å²) in [6.07, 6.45) is 2.48. The standard InChI is InChI=1S/C16H20N2O2S/c1-10-4-7-13-12(8-10)17-15(21-9-14(19)20)18(13)16(2,3)11-5-6-11/h4,7-8,11H,5-6,9H2,1-3H3,(H,19,20). The van der Waals surface area contributed by atoms with E-state index >= 15 is 0 Å². The van der Waals surface area contributed by atoms with Crippen molar-refractivity contribution in [2.24, 2.45) is 5.92 Å². The number of fused-ring (bicyclic) bond motifs is 1. The minimum Gasteiger partial charge on any atom is -0.481 e. The Hall–Kier alpha value is -1.49. The number of carbonyl (C=O) groups is 1. The van der Waals surface area contributed by atoms with Gasteiger partial charge in [-0.15, -0.1) is 0 Å². The molecule has 1 N–H and O–H groups in total. The van der Waals surface area contributed by atoms with E-state index < -0.39 is 5.97 Å². The molecule has 0 radical (unpaired) electrons. The van der Waals surface area contributed by atoms with Gasteiger partial charge in [0.1, 0.15) is 0 Å². The lowest BCUT2D eigenvalue weighted by Crippen LogP contribution is -2.29. The average Bonchev–Trinajstić information content (AvgIpc) is 3.18. The predicted molar refractivity (Wildman–Crippen MR) is 84.9 cm³/mol. The van der Waals surface area contributed by atoms with Crippen molar-refractivity contribution in [3.63, 3.8) is 0 Å². The highest BCUT2D eigenvalue weighted by atomic mass is 32.2. The van der Waals surface area contributed by atoms with Crippen LogP contribution in [0, 0.1) is 12.8 Å². The zero-order valence-electron chi connectivity index (χ0n) is 12.6. The van der Waals surface area contributed by atoms with E-state index in [4.69, 9.17) is 5.11 Å². The number of imidazole rings is 1. The summed E-state index contributed by atoms with van der Waals surface area (Å²) in [5.74, 6) is -0.109. The zero-order chi connectivity index (χ0) is 15.2. The molecule has 0 bridgehead atoms. The van der Waals surface area contributed by atoms with Crippen LogP contribution in [0.5, 0.6) is 0 Å². The summed E-state index contributed by atoms with van der Waals surface area (Å²) in [5.41, 5.74) is 3.21. The SMILES string of the molecule is Cc1ccc2c(c1)nc(SCC(=O)O)n2C(C)(C)C1CC1. The van der Waals surface area contributed by atoms with E-state index in [1.807, 2.05) is 0 Å². The third-order valence-electron chi connectivity index (χ3n) is 4.26. The maximum Gasteiger partial charge on any atom is 0.313 e. The van der Waals surface area contributed by atoms with Gasteiger partial charge in [0.05, 0.1) is 16.8 Å². The molecule has 1 aromatic heterocycles. The second kappa shape index (κ2) is 5.05. The minimum absolute atomic E-state index is 0.0230. The molecule has 1 heterocycles. The van der Waals surface area contributed by atoms with E-state index in [-0.39, 0.29) is 11.3 Å². The first-order chi connectivity index (χ1) is 9.89. The van der Waals surface area contributed by atoms with E-state index in [1.165, 1.54) is 30.2 Å². The lowest BCUT2D eigenvalue weighted by Gasteiger charge is -2.29. The molecular weight excluding hydrogens is 284 g/mol. The Labute approximate surface area is 128 Å². The van der Waals surface area contributed by atoms with Gasteiger partial charge in [0.2, 0.25) is 0 Å². The Balaban J connectivity index is 2.12. The Morgan fingerprint density at radius 2 is 2.19 bits per heavy atom. The van der Waals surface area contributed by atoms with Crippen LogP contribution in [0.4, 0.5) is 0 Å².